The lowest BCUT2D eigenvalue weighted by Gasteiger charge is -2.06. The number of esters is 1. The number of carbonyl (C=O) groups excluding carboxylic acids is 2. The van der Waals surface area contributed by atoms with Gasteiger partial charge in [0.15, 0.2) is 0 Å². The summed E-state index contributed by atoms with van der Waals surface area (Å²) < 4.78 is 31.7. The molecule has 0 saturated heterocycles. The van der Waals surface area contributed by atoms with Crippen LogP contribution in [0.2, 0.25) is 10.0 Å². The van der Waals surface area contributed by atoms with Gasteiger partial charge in [-0.15, -0.1) is 0 Å². The molecule has 170 valence electrons. The van der Waals surface area contributed by atoms with Crippen molar-refractivity contribution in [2.24, 2.45) is 5.10 Å². The highest BCUT2D eigenvalue weighted by Crippen LogP contribution is 2.16. The van der Waals surface area contributed by atoms with Crippen LogP contribution >= 0.6 is 23.2 Å². The van der Waals surface area contributed by atoms with E-state index in [1.165, 1.54) is 36.5 Å². The van der Waals surface area contributed by atoms with E-state index in [9.17, 15) is 18.0 Å². The van der Waals surface area contributed by atoms with Crippen molar-refractivity contribution in [2.45, 2.75) is 4.90 Å². The summed E-state index contributed by atoms with van der Waals surface area (Å²) in [6.07, 6.45) is 1.36. The molecule has 3 aromatic carbocycles. The van der Waals surface area contributed by atoms with E-state index in [-0.39, 0.29) is 4.90 Å². The van der Waals surface area contributed by atoms with Gasteiger partial charge in [-0.25, -0.2) is 23.4 Å². The van der Waals surface area contributed by atoms with Crippen LogP contribution < -0.4 is 14.9 Å². The summed E-state index contributed by atoms with van der Waals surface area (Å²) in [6, 6.07) is 18.3. The van der Waals surface area contributed by atoms with Gasteiger partial charge in [0.25, 0.3) is 5.91 Å². The molecule has 0 saturated carbocycles. The Kier molecular flexibility index (Phi) is 8.18. The first kappa shape index (κ1) is 24.4. The van der Waals surface area contributed by atoms with Crippen LogP contribution in [0.4, 0.5) is 0 Å². The molecular weight excluding hydrogens is 489 g/mol. The molecule has 0 radical (unpaired) electrons. The third-order valence-electron chi connectivity index (χ3n) is 4.10. The summed E-state index contributed by atoms with van der Waals surface area (Å²) in [5, 5.41) is 4.60. The summed E-state index contributed by atoms with van der Waals surface area (Å²) in [5.74, 6) is -0.888. The third-order valence-corrected chi connectivity index (χ3v) is 6.00. The minimum Gasteiger partial charge on any atom is -0.423 e. The fourth-order valence-corrected chi connectivity index (χ4v) is 3.78. The third kappa shape index (κ3) is 7.40. The number of hydrazone groups is 1. The van der Waals surface area contributed by atoms with Gasteiger partial charge in [0.1, 0.15) is 5.75 Å². The molecular formula is C22H17Cl2N3O5S. The minimum absolute atomic E-state index is 0.0145. The molecule has 0 aromatic heterocycles. The molecule has 0 unspecified atom stereocenters. The van der Waals surface area contributed by atoms with Crippen molar-refractivity contribution in [1.82, 2.24) is 10.1 Å². The molecule has 0 bridgehead atoms. The molecule has 8 nitrogen and oxygen atoms in total. The predicted molar refractivity (Wildman–Crippen MR) is 125 cm³/mol. The Labute approximate surface area is 200 Å². The van der Waals surface area contributed by atoms with E-state index in [1.54, 1.807) is 42.5 Å². The summed E-state index contributed by atoms with van der Waals surface area (Å²) in [5.41, 5.74) is 3.16. The van der Waals surface area contributed by atoms with Crippen LogP contribution in [0.25, 0.3) is 0 Å². The zero-order chi connectivity index (χ0) is 23.8. The maximum absolute atomic E-state index is 12.1. The fraction of sp³-hybridized carbons (Fsp3) is 0.0455. The standard InChI is InChI=1S/C22H17Cl2N3O5S/c23-17-6-10-20(11-7-17)33(30,31)26-14-21(28)27-25-13-15-4-8-19(9-5-15)32-22(29)16-2-1-3-18(24)12-16/h1-13,26H,14H2,(H,27,28)/b25-13+. The Bertz CT molecular complexity index is 1280. The number of nitrogens with one attached hydrogen (secondary N) is 2. The minimum atomic E-state index is -3.86. The first-order valence-corrected chi connectivity index (χ1v) is 11.6. The number of hydrogen-bond acceptors (Lipinski definition) is 6. The second-order valence-electron chi connectivity index (χ2n) is 6.54. The summed E-state index contributed by atoms with van der Waals surface area (Å²) >= 11 is 11.6. The van der Waals surface area contributed by atoms with Gasteiger partial charge < -0.3 is 4.74 Å². The number of benzene rings is 3. The van der Waals surface area contributed by atoms with Gasteiger partial charge in [-0.05, 0) is 72.3 Å². The number of hydrogen-bond donors (Lipinski definition) is 2. The second kappa shape index (κ2) is 11.1. The van der Waals surface area contributed by atoms with Crippen molar-refractivity contribution in [3.8, 4) is 5.75 Å². The van der Waals surface area contributed by atoms with Gasteiger partial charge in [-0.3, -0.25) is 4.79 Å². The van der Waals surface area contributed by atoms with Gasteiger partial charge in [0, 0.05) is 10.0 Å². The van der Waals surface area contributed by atoms with Crippen molar-refractivity contribution in [1.29, 1.82) is 0 Å². The van der Waals surface area contributed by atoms with E-state index in [0.717, 1.165) is 0 Å². The highest BCUT2D eigenvalue weighted by molar-refractivity contribution is 7.89. The Hall–Kier alpha value is -3.24. The Morgan fingerprint density at radius 3 is 2.30 bits per heavy atom. The number of halogens is 2. The Balaban J connectivity index is 1.48. The molecule has 3 aromatic rings. The molecule has 0 spiro atoms. The van der Waals surface area contributed by atoms with Crippen LogP contribution in [0.5, 0.6) is 5.75 Å². The number of rotatable bonds is 8. The average molecular weight is 506 g/mol. The number of ether oxygens (including phenoxy) is 1. The molecule has 0 aliphatic heterocycles. The predicted octanol–water partition coefficient (Wildman–Crippen LogP) is 3.64. The number of sulfonamides is 1. The van der Waals surface area contributed by atoms with Crippen LogP contribution in [-0.4, -0.2) is 33.1 Å². The molecule has 0 atom stereocenters. The first-order valence-electron chi connectivity index (χ1n) is 9.38. The number of carbonyl (C=O) groups is 2. The van der Waals surface area contributed by atoms with E-state index >= 15 is 0 Å². The van der Waals surface area contributed by atoms with Gasteiger partial charge in [-0.1, -0.05) is 29.3 Å². The van der Waals surface area contributed by atoms with E-state index in [0.29, 0.717) is 26.9 Å². The smallest absolute Gasteiger partial charge is 0.343 e. The molecule has 0 aliphatic rings. The zero-order valence-corrected chi connectivity index (χ0v) is 19.2. The van der Waals surface area contributed by atoms with Crippen molar-refractivity contribution in [3.63, 3.8) is 0 Å². The maximum atomic E-state index is 12.1. The van der Waals surface area contributed by atoms with Crippen LogP contribution in [0.3, 0.4) is 0 Å². The van der Waals surface area contributed by atoms with Crippen molar-refractivity contribution in [3.05, 3.63) is 94.0 Å². The first-order chi connectivity index (χ1) is 15.7. The van der Waals surface area contributed by atoms with Gasteiger partial charge >= 0.3 is 5.97 Å². The zero-order valence-electron chi connectivity index (χ0n) is 16.9. The molecule has 11 heteroatoms. The monoisotopic (exact) mass is 505 g/mol. The van der Waals surface area contributed by atoms with Crippen molar-refractivity contribution >= 4 is 51.3 Å². The van der Waals surface area contributed by atoms with E-state index in [2.05, 4.69) is 15.2 Å². The normalized spacial score (nSPS) is 11.3. The molecule has 33 heavy (non-hydrogen) atoms. The molecule has 0 fully saturated rings. The lowest BCUT2D eigenvalue weighted by molar-refractivity contribution is -0.119. The fourth-order valence-electron chi connectivity index (χ4n) is 2.48. The average Bonchev–Trinajstić information content (AvgIpc) is 2.79. The molecule has 0 heterocycles. The van der Waals surface area contributed by atoms with Gasteiger partial charge in [0.05, 0.1) is 23.2 Å². The van der Waals surface area contributed by atoms with E-state index in [1.807, 2.05) is 0 Å². The lowest BCUT2D eigenvalue weighted by Crippen LogP contribution is -2.34. The molecule has 0 aliphatic carbocycles. The van der Waals surface area contributed by atoms with E-state index in [4.69, 9.17) is 27.9 Å². The highest BCUT2D eigenvalue weighted by Gasteiger charge is 2.15. The number of nitrogens with zero attached hydrogens (tertiary/aromatic N) is 1. The number of amides is 1. The molecule has 3 rings (SSSR count). The van der Waals surface area contributed by atoms with Crippen LogP contribution in [0, 0.1) is 0 Å². The molecule has 1 amide bonds. The highest BCUT2D eigenvalue weighted by atomic mass is 35.5. The van der Waals surface area contributed by atoms with Gasteiger partial charge in [0.2, 0.25) is 10.0 Å². The maximum Gasteiger partial charge on any atom is 0.343 e. The summed E-state index contributed by atoms with van der Waals surface area (Å²) in [7, 11) is -3.86. The lowest BCUT2D eigenvalue weighted by atomic mass is 10.2. The van der Waals surface area contributed by atoms with Crippen LogP contribution in [0.15, 0.2) is 82.8 Å². The summed E-state index contributed by atoms with van der Waals surface area (Å²) in [4.78, 5) is 24.0. The Morgan fingerprint density at radius 2 is 1.64 bits per heavy atom. The van der Waals surface area contributed by atoms with E-state index < -0.39 is 28.4 Å². The second-order valence-corrected chi connectivity index (χ2v) is 9.18. The van der Waals surface area contributed by atoms with Crippen molar-refractivity contribution in [2.75, 3.05) is 6.54 Å². The Morgan fingerprint density at radius 1 is 0.939 bits per heavy atom. The largest absolute Gasteiger partial charge is 0.423 e. The molecule has 2 N–H and O–H groups in total. The summed E-state index contributed by atoms with van der Waals surface area (Å²) in [6.45, 7) is -0.499. The topological polar surface area (TPSA) is 114 Å². The van der Waals surface area contributed by atoms with Gasteiger partial charge in [-0.2, -0.15) is 5.10 Å². The SMILES string of the molecule is O=C(CNS(=O)(=O)c1ccc(Cl)cc1)N/N=C/c1ccc(OC(=O)c2cccc(Cl)c2)cc1. The van der Waals surface area contributed by atoms with Crippen LogP contribution in [0.1, 0.15) is 15.9 Å². The quantitative estimate of drug-likeness (QED) is 0.210. The van der Waals surface area contributed by atoms with Crippen molar-refractivity contribution < 1.29 is 22.7 Å². The van der Waals surface area contributed by atoms with Crippen LogP contribution in [-0.2, 0) is 14.8 Å².